The molecule has 0 radical (unpaired) electrons. The van der Waals surface area contributed by atoms with Crippen LogP contribution in [0.4, 0.5) is 11.4 Å². The van der Waals surface area contributed by atoms with E-state index in [0.29, 0.717) is 18.5 Å². The lowest BCUT2D eigenvalue weighted by Gasteiger charge is -2.33. The number of non-ortho nitro benzene ring substituents is 1. The van der Waals surface area contributed by atoms with Gasteiger partial charge in [0.05, 0.1) is 16.9 Å². The Balaban J connectivity index is 2.49. The van der Waals surface area contributed by atoms with E-state index in [-0.39, 0.29) is 23.8 Å². The number of amides is 2. The maximum atomic E-state index is 13.7. The zero-order valence-corrected chi connectivity index (χ0v) is 22.9. The molecular weight excluding hydrogens is 496 g/mol. The first-order chi connectivity index (χ1) is 17.4. The molecular formula is C26H36N4O6S. The van der Waals surface area contributed by atoms with Gasteiger partial charge >= 0.3 is 0 Å². The number of benzene rings is 2. The molecule has 11 heteroatoms. The van der Waals surface area contributed by atoms with E-state index in [1.807, 2.05) is 38.1 Å². The first-order valence-electron chi connectivity index (χ1n) is 12.2. The van der Waals surface area contributed by atoms with Gasteiger partial charge in [0.1, 0.15) is 12.6 Å². The number of aryl methyl sites for hydroxylation is 2. The summed E-state index contributed by atoms with van der Waals surface area (Å²) in [6, 6.07) is 10.6. The second-order valence-electron chi connectivity index (χ2n) is 9.08. The normalized spacial score (nSPS) is 12.0. The van der Waals surface area contributed by atoms with Gasteiger partial charge in [0.25, 0.3) is 5.69 Å². The Kier molecular flexibility index (Phi) is 10.6. The van der Waals surface area contributed by atoms with E-state index >= 15 is 0 Å². The van der Waals surface area contributed by atoms with Crippen LogP contribution in [0.2, 0.25) is 0 Å². The third kappa shape index (κ3) is 8.28. The van der Waals surface area contributed by atoms with Crippen LogP contribution >= 0.6 is 0 Å². The number of nitrogens with one attached hydrogen (secondary N) is 1. The summed E-state index contributed by atoms with van der Waals surface area (Å²) in [5.41, 5.74) is 1.99. The number of carbonyl (C=O) groups excluding carboxylic acids is 2. The average molecular weight is 533 g/mol. The van der Waals surface area contributed by atoms with Crippen molar-refractivity contribution in [1.82, 2.24) is 10.2 Å². The molecule has 0 aromatic heterocycles. The second-order valence-corrected chi connectivity index (χ2v) is 11.0. The van der Waals surface area contributed by atoms with Gasteiger partial charge in [-0.25, -0.2) is 8.42 Å². The molecule has 0 spiro atoms. The number of rotatable bonds is 13. The van der Waals surface area contributed by atoms with Gasteiger partial charge in [-0.2, -0.15) is 0 Å². The van der Waals surface area contributed by atoms with E-state index in [2.05, 4.69) is 5.32 Å². The van der Waals surface area contributed by atoms with Crippen LogP contribution in [-0.2, 0) is 26.2 Å². The van der Waals surface area contributed by atoms with Crippen molar-refractivity contribution in [1.29, 1.82) is 0 Å². The van der Waals surface area contributed by atoms with Crippen molar-refractivity contribution in [3.8, 4) is 0 Å². The second kappa shape index (κ2) is 13.2. The van der Waals surface area contributed by atoms with Crippen molar-refractivity contribution < 1.29 is 22.9 Å². The molecule has 0 heterocycles. The highest BCUT2D eigenvalue weighted by Crippen LogP contribution is 2.28. The molecule has 10 nitrogen and oxygen atoms in total. The Hall–Kier alpha value is -3.47. The van der Waals surface area contributed by atoms with Crippen molar-refractivity contribution in [2.24, 2.45) is 0 Å². The minimum atomic E-state index is -4.00. The van der Waals surface area contributed by atoms with Gasteiger partial charge < -0.3 is 10.2 Å². The number of hydrogen-bond donors (Lipinski definition) is 1. The van der Waals surface area contributed by atoms with Crippen LogP contribution in [0.5, 0.6) is 0 Å². The minimum absolute atomic E-state index is 0.0426. The summed E-state index contributed by atoms with van der Waals surface area (Å²) in [5, 5.41) is 14.2. The van der Waals surface area contributed by atoms with Crippen LogP contribution in [0.1, 0.15) is 49.8 Å². The van der Waals surface area contributed by atoms with E-state index in [1.54, 1.807) is 13.8 Å². The summed E-state index contributed by atoms with van der Waals surface area (Å²) < 4.78 is 26.4. The minimum Gasteiger partial charge on any atom is -0.354 e. The zero-order chi connectivity index (χ0) is 27.8. The summed E-state index contributed by atoms with van der Waals surface area (Å²) in [5.74, 6) is -0.898. The van der Waals surface area contributed by atoms with Crippen LogP contribution in [0.15, 0.2) is 42.5 Å². The van der Waals surface area contributed by atoms with Gasteiger partial charge in [-0.15, -0.1) is 0 Å². The Morgan fingerprint density at radius 1 is 1.11 bits per heavy atom. The molecule has 2 amide bonds. The average Bonchev–Trinajstić information content (AvgIpc) is 2.82. The maximum absolute atomic E-state index is 13.7. The molecule has 1 unspecified atom stereocenters. The first kappa shape index (κ1) is 29.8. The molecule has 0 aliphatic rings. The van der Waals surface area contributed by atoms with Gasteiger partial charge in [0, 0.05) is 25.2 Å². The van der Waals surface area contributed by atoms with E-state index in [0.717, 1.165) is 40.6 Å². The van der Waals surface area contributed by atoms with E-state index in [1.165, 1.54) is 17.0 Å². The van der Waals surface area contributed by atoms with Gasteiger partial charge in [0.2, 0.25) is 21.8 Å². The molecule has 2 aromatic carbocycles. The molecule has 1 N–H and O–H groups in total. The van der Waals surface area contributed by atoms with E-state index in [4.69, 9.17) is 0 Å². The molecule has 1 atom stereocenters. The number of nitro benzene ring substituents is 1. The Morgan fingerprint density at radius 3 is 2.38 bits per heavy atom. The first-order valence-corrected chi connectivity index (χ1v) is 14.1. The standard InChI is InChI=1S/C26H36N4O6S/c1-6-8-14-27-26(32)23(7-2)28(17-21-11-9-10-19(3)15-21)25(31)18-29(37(5,35)36)24-16-22(30(33)34)13-12-20(24)4/h9-13,15-16,23H,6-8,14,17-18H2,1-5H3,(H,27,32). The molecule has 202 valence electrons. The topological polar surface area (TPSA) is 130 Å². The molecule has 0 fully saturated rings. The zero-order valence-electron chi connectivity index (χ0n) is 22.1. The summed E-state index contributed by atoms with van der Waals surface area (Å²) in [6.45, 7) is 7.30. The van der Waals surface area contributed by atoms with Crippen molar-refractivity contribution in [3.63, 3.8) is 0 Å². The molecule has 0 aliphatic heterocycles. The van der Waals surface area contributed by atoms with Crippen molar-refractivity contribution in [3.05, 3.63) is 69.3 Å². The lowest BCUT2D eigenvalue weighted by Crippen LogP contribution is -2.52. The Morgan fingerprint density at radius 2 is 1.81 bits per heavy atom. The monoisotopic (exact) mass is 532 g/mol. The number of sulfonamides is 1. The lowest BCUT2D eigenvalue weighted by molar-refractivity contribution is -0.384. The molecule has 2 aromatic rings. The molecule has 0 saturated carbocycles. The van der Waals surface area contributed by atoms with Gasteiger partial charge in [0.15, 0.2) is 0 Å². The quantitative estimate of drug-likeness (QED) is 0.238. The van der Waals surface area contributed by atoms with Crippen molar-refractivity contribution in [2.75, 3.05) is 23.7 Å². The maximum Gasteiger partial charge on any atom is 0.271 e. The highest BCUT2D eigenvalue weighted by molar-refractivity contribution is 7.92. The predicted molar refractivity (Wildman–Crippen MR) is 144 cm³/mol. The number of hydrogen-bond acceptors (Lipinski definition) is 6. The number of unbranched alkanes of at least 4 members (excludes halogenated alkanes) is 1. The van der Waals surface area contributed by atoms with E-state index in [9.17, 15) is 28.1 Å². The summed E-state index contributed by atoms with van der Waals surface area (Å²) >= 11 is 0. The number of nitrogens with zero attached hydrogens (tertiary/aromatic N) is 3. The summed E-state index contributed by atoms with van der Waals surface area (Å²) in [6.07, 6.45) is 2.96. The van der Waals surface area contributed by atoms with Crippen LogP contribution in [-0.4, -0.2) is 55.4 Å². The smallest absolute Gasteiger partial charge is 0.271 e. The highest BCUT2D eigenvalue weighted by atomic mass is 32.2. The molecule has 0 bridgehead atoms. The third-order valence-corrected chi connectivity index (χ3v) is 7.13. The van der Waals surface area contributed by atoms with Gasteiger partial charge in [-0.3, -0.25) is 24.0 Å². The Bertz CT molecular complexity index is 1230. The summed E-state index contributed by atoms with van der Waals surface area (Å²) in [4.78, 5) is 38.9. The number of anilines is 1. The van der Waals surface area contributed by atoms with E-state index < -0.39 is 33.4 Å². The molecule has 37 heavy (non-hydrogen) atoms. The molecule has 0 saturated heterocycles. The fourth-order valence-corrected chi connectivity index (χ4v) is 4.91. The van der Waals surface area contributed by atoms with Crippen molar-refractivity contribution >= 4 is 33.2 Å². The molecule has 0 aliphatic carbocycles. The predicted octanol–water partition coefficient (Wildman–Crippen LogP) is 3.70. The van der Waals surface area contributed by atoms with Crippen molar-refractivity contribution in [2.45, 2.75) is 59.5 Å². The number of carbonyl (C=O) groups is 2. The summed E-state index contributed by atoms with van der Waals surface area (Å²) in [7, 11) is -4.00. The van der Waals surface area contributed by atoms with Crippen LogP contribution in [0.25, 0.3) is 0 Å². The fraction of sp³-hybridized carbons (Fsp3) is 0.462. The van der Waals surface area contributed by atoms with Gasteiger partial charge in [-0.05, 0) is 37.8 Å². The fourth-order valence-electron chi connectivity index (χ4n) is 4.01. The SMILES string of the molecule is CCCCNC(=O)C(CC)N(Cc1cccc(C)c1)C(=O)CN(c1cc([N+](=O)[O-])ccc1C)S(C)(=O)=O. The van der Waals surface area contributed by atoms with Crippen LogP contribution in [0.3, 0.4) is 0 Å². The number of nitro groups is 1. The lowest BCUT2D eigenvalue weighted by atomic mass is 10.1. The third-order valence-electron chi connectivity index (χ3n) is 6.00. The largest absolute Gasteiger partial charge is 0.354 e. The van der Waals surface area contributed by atoms with Crippen LogP contribution in [0, 0.1) is 24.0 Å². The van der Waals surface area contributed by atoms with Crippen LogP contribution < -0.4 is 9.62 Å². The van der Waals surface area contributed by atoms with Gasteiger partial charge in [-0.1, -0.05) is 56.2 Å². The molecule has 2 rings (SSSR count). The highest BCUT2D eigenvalue weighted by Gasteiger charge is 2.32. The Labute approximate surface area is 218 Å².